The molecule has 0 aliphatic rings. The summed E-state index contributed by atoms with van der Waals surface area (Å²) in [6, 6.07) is 0.280. The summed E-state index contributed by atoms with van der Waals surface area (Å²) in [6.07, 6.45) is 2.69. The van der Waals surface area contributed by atoms with Crippen molar-refractivity contribution in [2.75, 3.05) is 37.5 Å². The van der Waals surface area contributed by atoms with Crippen LogP contribution in [-0.2, 0) is 4.74 Å². The Kier molecular flexibility index (Phi) is 5.85. The van der Waals surface area contributed by atoms with Crippen molar-refractivity contribution in [2.24, 2.45) is 0 Å². The molecule has 1 heterocycles. The summed E-state index contributed by atoms with van der Waals surface area (Å²) in [6.45, 7) is 7.90. The van der Waals surface area contributed by atoms with E-state index in [2.05, 4.69) is 34.0 Å². The highest BCUT2D eigenvalue weighted by Gasteiger charge is 2.15. The van der Waals surface area contributed by atoms with Crippen LogP contribution < -0.4 is 10.2 Å². The number of hydrogen-bond acceptors (Lipinski definition) is 5. The molecule has 0 aromatic carbocycles. The zero-order chi connectivity index (χ0) is 13.5. The van der Waals surface area contributed by atoms with E-state index in [-0.39, 0.29) is 6.04 Å². The molecule has 0 aliphatic carbocycles. The predicted octanol–water partition coefficient (Wildman–Crippen LogP) is 2.08. The number of anilines is 2. The van der Waals surface area contributed by atoms with Gasteiger partial charge in [-0.2, -0.15) is 0 Å². The highest BCUT2D eigenvalue weighted by Crippen LogP contribution is 2.22. The molecule has 1 atom stereocenters. The molecule has 0 aliphatic heterocycles. The van der Waals surface area contributed by atoms with Crippen molar-refractivity contribution in [3.63, 3.8) is 0 Å². The Hall–Kier alpha value is -1.36. The van der Waals surface area contributed by atoms with Crippen LogP contribution in [0.25, 0.3) is 0 Å². The minimum absolute atomic E-state index is 0.280. The lowest BCUT2D eigenvalue weighted by atomic mass is 10.2. The molecule has 18 heavy (non-hydrogen) atoms. The molecule has 0 saturated heterocycles. The van der Waals surface area contributed by atoms with Gasteiger partial charge >= 0.3 is 0 Å². The van der Waals surface area contributed by atoms with E-state index < -0.39 is 0 Å². The fourth-order valence-electron chi connectivity index (χ4n) is 1.78. The number of hydrogen-bond donors (Lipinski definition) is 1. The van der Waals surface area contributed by atoms with Gasteiger partial charge in [0.2, 0.25) is 0 Å². The molecule has 1 aromatic rings. The highest BCUT2D eigenvalue weighted by molar-refractivity contribution is 5.57. The van der Waals surface area contributed by atoms with E-state index in [4.69, 9.17) is 4.74 Å². The quantitative estimate of drug-likeness (QED) is 0.805. The third-order valence-electron chi connectivity index (χ3n) is 3.00. The summed E-state index contributed by atoms with van der Waals surface area (Å²) >= 11 is 0. The monoisotopic (exact) mass is 252 g/mol. The normalized spacial score (nSPS) is 12.3. The van der Waals surface area contributed by atoms with Crippen LogP contribution in [0.1, 0.15) is 25.8 Å². The van der Waals surface area contributed by atoms with Gasteiger partial charge in [-0.1, -0.05) is 6.92 Å². The number of likely N-dealkylation sites (N-methyl/N-ethyl adjacent to an activating group) is 1. The van der Waals surface area contributed by atoms with Crippen molar-refractivity contribution in [2.45, 2.75) is 33.2 Å². The number of aromatic nitrogens is 2. The molecule has 0 bridgehead atoms. The molecule has 1 unspecified atom stereocenters. The zero-order valence-corrected chi connectivity index (χ0v) is 12.0. The number of nitrogens with zero attached hydrogens (tertiary/aromatic N) is 3. The molecule has 0 saturated carbocycles. The fourth-order valence-corrected chi connectivity index (χ4v) is 1.78. The maximum atomic E-state index is 5.18. The topological polar surface area (TPSA) is 50.3 Å². The molecule has 0 spiro atoms. The van der Waals surface area contributed by atoms with Crippen molar-refractivity contribution in [3.8, 4) is 0 Å². The number of ether oxygens (including phenoxy) is 1. The third kappa shape index (κ3) is 3.57. The molecule has 102 valence electrons. The second-order valence-corrected chi connectivity index (χ2v) is 4.51. The van der Waals surface area contributed by atoms with Crippen LogP contribution in [0.15, 0.2) is 6.33 Å². The Balaban J connectivity index is 2.88. The van der Waals surface area contributed by atoms with Gasteiger partial charge in [-0.15, -0.1) is 0 Å². The van der Waals surface area contributed by atoms with Gasteiger partial charge in [-0.3, -0.25) is 0 Å². The van der Waals surface area contributed by atoms with Gasteiger partial charge in [0.15, 0.2) is 0 Å². The smallest absolute Gasteiger partial charge is 0.137 e. The molecule has 1 rings (SSSR count). The van der Waals surface area contributed by atoms with Crippen molar-refractivity contribution in [3.05, 3.63) is 11.9 Å². The maximum absolute atomic E-state index is 5.18. The molecule has 1 N–H and O–H groups in total. The standard InChI is InChI=1S/C13H24N4O/c1-6-7-14-12-11(3)13(16-9-15-12)17(4)10(2)8-18-5/h9-10H,6-8H2,1-5H3,(H,14,15,16). The van der Waals surface area contributed by atoms with Gasteiger partial charge < -0.3 is 15.0 Å². The number of rotatable bonds is 7. The van der Waals surface area contributed by atoms with E-state index >= 15 is 0 Å². The molecular weight excluding hydrogens is 228 g/mol. The van der Waals surface area contributed by atoms with Gasteiger partial charge in [-0.05, 0) is 20.3 Å². The van der Waals surface area contributed by atoms with Crippen LogP contribution in [0.5, 0.6) is 0 Å². The SMILES string of the molecule is CCCNc1ncnc(N(C)C(C)COC)c1C. The van der Waals surface area contributed by atoms with Crippen molar-refractivity contribution in [1.82, 2.24) is 9.97 Å². The molecular formula is C13H24N4O. The molecule has 0 fully saturated rings. The summed E-state index contributed by atoms with van der Waals surface area (Å²) in [7, 11) is 3.74. The first kappa shape index (κ1) is 14.7. The first-order valence-corrected chi connectivity index (χ1v) is 6.39. The minimum atomic E-state index is 0.280. The Labute approximate surface area is 110 Å². The van der Waals surface area contributed by atoms with Gasteiger partial charge in [-0.25, -0.2) is 9.97 Å². The van der Waals surface area contributed by atoms with E-state index in [1.54, 1.807) is 13.4 Å². The summed E-state index contributed by atoms with van der Waals surface area (Å²) in [4.78, 5) is 10.8. The third-order valence-corrected chi connectivity index (χ3v) is 3.00. The van der Waals surface area contributed by atoms with Crippen LogP contribution in [0, 0.1) is 6.92 Å². The summed E-state index contributed by atoms with van der Waals surface area (Å²) in [5.74, 6) is 1.87. The average molecular weight is 252 g/mol. The summed E-state index contributed by atoms with van der Waals surface area (Å²) in [5, 5.41) is 3.32. The molecule has 5 nitrogen and oxygen atoms in total. The van der Waals surface area contributed by atoms with Gasteiger partial charge in [0, 0.05) is 26.3 Å². The number of methoxy groups -OCH3 is 1. The minimum Gasteiger partial charge on any atom is -0.383 e. The average Bonchev–Trinajstić information content (AvgIpc) is 2.37. The Morgan fingerprint density at radius 1 is 1.44 bits per heavy atom. The lowest BCUT2D eigenvalue weighted by Gasteiger charge is -2.27. The highest BCUT2D eigenvalue weighted by atomic mass is 16.5. The Morgan fingerprint density at radius 2 is 2.17 bits per heavy atom. The van der Waals surface area contributed by atoms with Gasteiger partial charge in [0.25, 0.3) is 0 Å². The number of nitrogens with one attached hydrogen (secondary N) is 1. The second kappa shape index (κ2) is 7.16. The van der Waals surface area contributed by atoms with E-state index in [0.717, 1.165) is 30.2 Å². The Morgan fingerprint density at radius 3 is 2.78 bits per heavy atom. The van der Waals surface area contributed by atoms with E-state index in [0.29, 0.717) is 6.61 Å². The van der Waals surface area contributed by atoms with E-state index in [1.807, 2.05) is 14.0 Å². The van der Waals surface area contributed by atoms with E-state index in [1.165, 1.54) is 0 Å². The van der Waals surface area contributed by atoms with Crippen LogP contribution in [0.2, 0.25) is 0 Å². The van der Waals surface area contributed by atoms with Crippen molar-refractivity contribution >= 4 is 11.6 Å². The predicted molar refractivity (Wildman–Crippen MR) is 75.3 cm³/mol. The van der Waals surface area contributed by atoms with Crippen molar-refractivity contribution < 1.29 is 4.74 Å². The van der Waals surface area contributed by atoms with Crippen LogP contribution in [-0.4, -0.2) is 43.3 Å². The first-order valence-electron chi connectivity index (χ1n) is 6.39. The summed E-state index contributed by atoms with van der Waals surface area (Å²) in [5.41, 5.74) is 1.08. The largest absolute Gasteiger partial charge is 0.383 e. The van der Waals surface area contributed by atoms with E-state index in [9.17, 15) is 0 Å². The lowest BCUT2D eigenvalue weighted by molar-refractivity contribution is 0.183. The maximum Gasteiger partial charge on any atom is 0.137 e. The molecule has 0 amide bonds. The van der Waals surface area contributed by atoms with Crippen LogP contribution in [0.4, 0.5) is 11.6 Å². The molecule has 0 radical (unpaired) electrons. The van der Waals surface area contributed by atoms with Crippen LogP contribution in [0.3, 0.4) is 0 Å². The fraction of sp³-hybridized carbons (Fsp3) is 0.692. The van der Waals surface area contributed by atoms with Crippen LogP contribution >= 0.6 is 0 Å². The van der Waals surface area contributed by atoms with Gasteiger partial charge in [0.1, 0.15) is 18.0 Å². The van der Waals surface area contributed by atoms with Gasteiger partial charge in [0.05, 0.1) is 12.6 Å². The summed E-state index contributed by atoms with van der Waals surface area (Å²) < 4.78 is 5.18. The van der Waals surface area contributed by atoms with Crippen molar-refractivity contribution in [1.29, 1.82) is 0 Å². The lowest BCUT2D eigenvalue weighted by Crippen LogP contribution is -2.34. The zero-order valence-electron chi connectivity index (χ0n) is 12.0. The molecule has 5 heteroatoms. The Bertz CT molecular complexity index is 370. The molecule has 1 aromatic heterocycles. The first-order chi connectivity index (χ1) is 8.61. The second-order valence-electron chi connectivity index (χ2n) is 4.51.